The minimum atomic E-state index is -0.541. The molecule has 3 rings (SSSR count). The zero-order chi connectivity index (χ0) is 17.5. The number of phenols is 1. The molecule has 0 radical (unpaired) electrons. The summed E-state index contributed by atoms with van der Waals surface area (Å²) < 4.78 is 5.54. The SMILES string of the molecule is Oc1ccc(OC[C@@H](O)CNC2CCC(c3ccccc3)CC2)cc1. The molecule has 0 unspecified atom stereocenters. The van der Waals surface area contributed by atoms with Crippen molar-refractivity contribution >= 4 is 0 Å². The molecule has 1 fully saturated rings. The molecule has 1 saturated carbocycles. The Labute approximate surface area is 149 Å². The third-order valence-electron chi connectivity index (χ3n) is 4.92. The average Bonchev–Trinajstić information content (AvgIpc) is 2.67. The minimum absolute atomic E-state index is 0.209. The van der Waals surface area contributed by atoms with Crippen LogP contribution < -0.4 is 10.1 Å². The van der Waals surface area contributed by atoms with Crippen LogP contribution in [0.4, 0.5) is 0 Å². The second-order valence-electron chi connectivity index (χ2n) is 6.83. The van der Waals surface area contributed by atoms with Crippen molar-refractivity contribution in [2.75, 3.05) is 13.2 Å². The number of phenolic OH excluding ortho intramolecular Hbond substituents is 1. The van der Waals surface area contributed by atoms with E-state index in [1.165, 1.54) is 18.4 Å². The van der Waals surface area contributed by atoms with Gasteiger partial charge < -0.3 is 20.3 Å². The van der Waals surface area contributed by atoms with Crippen LogP contribution in [0.15, 0.2) is 54.6 Å². The number of hydrogen-bond donors (Lipinski definition) is 3. The molecule has 0 bridgehead atoms. The van der Waals surface area contributed by atoms with Crippen molar-refractivity contribution in [2.45, 2.75) is 43.7 Å². The van der Waals surface area contributed by atoms with Crippen LogP contribution in [-0.2, 0) is 0 Å². The van der Waals surface area contributed by atoms with Gasteiger partial charge >= 0.3 is 0 Å². The highest BCUT2D eigenvalue weighted by Gasteiger charge is 2.22. The molecular weight excluding hydrogens is 314 g/mol. The van der Waals surface area contributed by atoms with Gasteiger partial charge in [0.2, 0.25) is 0 Å². The topological polar surface area (TPSA) is 61.7 Å². The van der Waals surface area contributed by atoms with E-state index < -0.39 is 6.10 Å². The second kappa shape index (κ2) is 8.88. The van der Waals surface area contributed by atoms with Crippen LogP contribution >= 0.6 is 0 Å². The van der Waals surface area contributed by atoms with Gasteiger partial charge in [-0.3, -0.25) is 0 Å². The molecule has 0 heterocycles. The zero-order valence-corrected chi connectivity index (χ0v) is 14.5. The van der Waals surface area contributed by atoms with Crippen molar-refractivity contribution in [3.8, 4) is 11.5 Å². The first-order valence-electron chi connectivity index (χ1n) is 9.09. The fourth-order valence-corrected chi connectivity index (χ4v) is 3.45. The fourth-order valence-electron chi connectivity index (χ4n) is 3.45. The average molecular weight is 341 g/mol. The predicted molar refractivity (Wildman–Crippen MR) is 99.1 cm³/mol. The molecule has 2 aromatic carbocycles. The zero-order valence-electron chi connectivity index (χ0n) is 14.5. The summed E-state index contributed by atoms with van der Waals surface area (Å²) in [5.74, 6) is 1.53. The lowest BCUT2D eigenvalue weighted by atomic mass is 9.82. The standard InChI is InChI=1S/C21H27NO3/c23-19-10-12-21(13-11-19)25-15-20(24)14-22-18-8-6-17(7-9-18)16-4-2-1-3-5-16/h1-5,10-13,17-18,20,22-24H,6-9,14-15H2/t17?,18?,20-/m0/s1. The maximum Gasteiger partial charge on any atom is 0.119 e. The van der Waals surface area contributed by atoms with E-state index in [0.717, 1.165) is 12.8 Å². The normalized spacial score (nSPS) is 21.6. The summed E-state index contributed by atoms with van der Waals surface area (Å²) in [7, 11) is 0. The van der Waals surface area contributed by atoms with Crippen LogP contribution in [0.5, 0.6) is 11.5 Å². The van der Waals surface area contributed by atoms with E-state index in [0.29, 0.717) is 24.3 Å². The molecule has 0 spiro atoms. The molecule has 134 valence electrons. The van der Waals surface area contributed by atoms with Gasteiger partial charge in [-0.1, -0.05) is 30.3 Å². The summed E-state index contributed by atoms with van der Waals surface area (Å²) in [6, 6.07) is 17.8. The second-order valence-corrected chi connectivity index (χ2v) is 6.83. The number of aliphatic hydroxyl groups is 1. The summed E-state index contributed by atoms with van der Waals surface area (Å²) >= 11 is 0. The summed E-state index contributed by atoms with van der Waals surface area (Å²) in [5, 5.41) is 22.8. The van der Waals surface area contributed by atoms with Crippen molar-refractivity contribution < 1.29 is 14.9 Å². The van der Waals surface area contributed by atoms with Gasteiger partial charge in [-0.15, -0.1) is 0 Å². The molecule has 4 nitrogen and oxygen atoms in total. The van der Waals surface area contributed by atoms with Gasteiger partial charge in [0.25, 0.3) is 0 Å². The van der Waals surface area contributed by atoms with Gasteiger partial charge in [0, 0.05) is 12.6 Å². The molecule has 0 saturated heterocycles. The molecule has 4 heteroatoms. The smallest absolute Gasteiger partial charge is 0.119 e. The van der Waals surface area contributed by atoms with Crippen LogP contribution in [0.1, 0.15) is 37.2 Å². The van der Waals surface area contributed by atoms with Crippen LogP contribution in [0, 0.1) is 0 Å². The number of nitrogens with one attached hydrogen (secondary N) is 1. The Hall–Kier alpha value is -2.04. The molecule has 1 atom stereocenters. The number of rotatable bonds is 7. The van der Waals surface area contributed by atoms with E-state index in [1.807, 2.05) is 0 Å². The lowest BCUT2D eigenvalue weighted by molar-refractivity contribution is 0.101. The number of aliphatic hydroxyl groups excluding tert-OH is 1. The lowest BCUT2D eigenvalue weighted by Crippen LogP contribution is -2.39. The maximum atomic E-state index is 10.1. The molecular formula is C21H27NO3. The first-order chi connectivity index (χ1) is 12.2. The number of benzene rings is 2. The van der Waals surface area contributed by atoms with Gasteiger partial charge in [0.1, 0.15) is 24.2 Å². The molecule has 3 N–H and O–H groups in total. The van der Waals surface area contributed by atoms with Crippen molar-refractivity contribution in [3.63, 3.8) is 0 Å². The Kier molecular flexibility index (Phi) is 6.31. The van der Waals surface area contributed by atoms with E-state index in [9.17, 15) is 10.2 Å². The summed E-state index contributed by atoms with van der Waals surface area (Å²) in [5.41, 5.74) is 1.45. The first kappa shape index (κ1) is 17.8. The van der Waals surface area contributed by atoms with Gasteiger partial charge in [-0.2, -0.15) is 0 Å². The van der Waals surface area contributed by atoms with E-state index in [2.05, 4.69) is 35.6 Å². The lowest BCUT2D eigenvalue weighted by Gasteiger charge is -2.30. The van der Waals surface area contributed by atoms with Crippen LogP contribution in [0.2, 0.25) is 0 Å². The molecule has 25 heavy (non-hydrogen) atoms. The van der Waals surface area contributed by atoms with E-state index >= 15 is 0 Å². The highest BCUT2D eigenvalue weighted by Crippen LogP contribution is 2.32. The van der Waals surface area contributed by atoms with E-state index in [-0.39, 0.29) is 12.4 Å². The summed E-state index contributed by atoms with van der Waals surface area (Å²) in [6.07, 6.45) is 4.14. The molecule has 0 aliphatic heterocycles. The fraction of sp³-hybridized carbons (Fsp3) is 0.429. The third kappa shape index (κ3) is 5.48. The van der Waals surface area contributed by atoms with Crippen molar-refractivity contribution in [1.29, 1.82) is 0 Å². The Balaban J connectivity index is 1.34. The van der Waals surface area contributed by atoms with Gasteiger partial charge in [0.15, 0.2) is 0 Å². The molecule has 0 aromatic heterocycles. The highest BCUT2D eigenvalue weighted by molar-refractivity contribution is 5.30. The molecule has 1 aliphatic carbocycles. The monoisotopic (exact) mass is 341 g/mol. The van der Waals surface area contributed by atoms with Crippen LogP contribution in [0.3, 0.4) is 0 Å². The molecule has 2 aromatic rings. The highest BCUT2D eigenvalue weighted by atomic mass is 16.5. The van der Waals surface area contributed by atoms with Gasteiger partial charge in [0.05, 0.1) is 0 Å². The van der Waals surface area contributed by atoms with E-state index in [1.54, 1.807) is 24.3 Å². The van der Waals surface area contributed by atoms with Crippen molar-refractivity contribution in [1.82, 2.24) is 5.32 Å². The predicted octanol–water partition coefficient (Wildman–Crippen LogP) is 3.45. The summed E-state index contributed by atoms with van der Waals surface area (Å²) in [6.45, 7) is 0.788. The Morgan fingerprint density at radius 2 is 1.64 bits per heavy atom. The van der Waals surface area contributed by atoms with Gasteiger partial charge in [-0.05, 0) is 61.4 Å². The van der Waals surface area contributed by atoms with Crippen molar-refractivity contribution in [3.05, 3.63) is 60.2 Å². The van der Waals surface area contributed by atoms with Crippen molar-refractivity contribution in [2.24, 2.45) is 0 Å². The van der Waals surface area contributed by atoms with E-state index in [4.69, 9.17) is 4.74 Å². The minimum Gasteiger partial charge on any atom is -0.508 e. The first-order valence-corrected chi connectivity index (χ1v) is 9.09. The maximum absolute atomic E-state index is 10.1. The number of ether oxygens (including phenoxy) is 1. The Morgan fingerprint density at radius 1 is 0.960 bits per heavy atom. The Bertz CT molecular complexity index is 621. The Morgan fingerprint density at radius 3 is 2.32 bits per heavy atom. The van der Waals surface area contributed by atoms with Crippen LogP contribution in [0.25, 0.3) is 0 Å². The summed E-state index contributed by atoms with van der Waals surface area (Å²) in [4.78, 5) is 0. The number of aromatic hydroxyl groups is 1. The van der Waals surface area contributed by atoms with Crippen LogP contribution in [-0.4, -0.2) is 35.5 Å². The molecule has 0 amide bonds. The largest absolute Gasteiger partial charge is 0.508 e. The number of hydrogen-bond acceptors (Lipinski definition) is 4. The quantitative estimate of drug-likeness (QED) is 0.722. The third-order valence-corrected chi connectivity index (χ3v) is 4.92. The molecule has 1 aliphatic rings. The van der Waals surface area contributed by atoms with Gasteiger partial charge in [-0.25, -0.2) is 0 Å².